The molecule has 23 heavy (non-hydrogen) atoms. The minimum absolute atomic E-state index is 0.0667. The molecule has 2 aliphatic rings. The van der Waals surface area contributed by atoms with Gasteiger partial charge in [0, 0.05) is 32.1 Å². The van der Waals surface area contributed by atoms with E-state index in [0.717, 1.165) is 62.3 Å². The van der Waals surface area contributed by atoms with E-state index < -0.39 is 0 Å². The van der Waals surface area contributed by atoms with Crippen LogP contribution in [-0.4, -0.2) is 45.5 Å². The van der Waals surface area contributed by atoms with Gasteiger partial charge < -0.3 is 14.0 Å². The third-order valence-corrected chi connectivity index (χ3v) is 5.35. The third kappa shape index (κ3) is 2.63. The first-order valence-electron chi connectivity index (χ1n) is 8.50. The molecule has 2 aromatic heterocycles. The molecular formula is C18H23N3O2. The monoisotopic (exact) mass is 313 g/mol. The van der Waals surface area contributed by atoms with Crippen LogP contribution >= 0.6 is 0 Å². The Bertz CT molecular complexity index is 721. The van der Waals surface area contributed by atoms with E-state index in [2.05, 4.69) is 4.98 Å². The Hall–Kier alpha value is -1.88. The Balaban J connectivity index is 1.44. The van der Waals surface area contributed by atoms with Crippen LogP contribution in [0.3, 0.4) is 0 Å². The van der Waals surface area contributed by atoms with Crippen molar-refractivity contribution in [1.82, 2.24) is 14.3 Å². The molecule has 5 heteroatoms. The molecule has 0 aromatic carbocycles. The molecule has 0 aliphatic carbocycles. The van der Waals surface area contributed by atoms with Crippen molar-refractivity contribution in [3.63, 3.8) is 0 Å². The first-order chi connectivity index (χ1) is 11.2. The molecule has 1 amide bonds. The molecule has 2 aromatic rings. The zero-order valence-corrected chi connectivity index (χ0v) is 13.6. The van der Waals surface area contributed by atoms with Crippen LogP contribution in [0.15, 0.2) is 24.5 Å². The third-order valence-electron chi connectivity index (χ3n) is 5.35. The van der Waals surface area contributed by atoms with Gasteiger partial charge in [-0.05, 0) is 44.2 Å². The van der Waals surface area contributed by atoms with Gasteiger partial charge in [0.15, 0.2) is 0 Å². The molecule has 2 fully saturated rings. The average molecular weight is 313 g/mol. The molecule has 5 nitrogen and oxygen atoms in total. The Labute approximate surface area is 136 Å². The first kappa shape index (κ1) is 14.7. The lowest BCUT2D eigenvalue weighted by molar-refractivity contribution is -0.135. The number of ether oxygens (including phenoxy) is 1. The Kier molecular flexibility index (Phi) is 3.60. The minimum atomic E-state index is 0.0667. The number of nitrogens with zero attached hydrogens (tertiary/aromatic N) is 3. The number of amides is 1. The lowest BCUT2D eigenvalue weighted by Crippen LogP contribution is -2.46. The summed E-state index contributed by atoms with van der Waals surface area (Å²) in [6.07, 6.45) is 8.49. The number of likely N-dealkylation sites (tertiary alicyclic amines) is 1. The van der Waals surface area contributed by atoms with Crippen molar-refractivity contribution < 1.29 is 9.53 Å². The van der Waals surface area contributed by atoms with Gasteiger partial charge in [0.2, 0.25) is 5.91 Å². The van der Waals surface area contributed by atoms with Gasteiger partial charge in [0.1, 0.15) is 5.65 Å². The predicted molar refractivity (Wildman–Crippen MR) is 87.4 cm³/mol. The number of aryl methyl sites for hydroxylation is 1. The number of imidazole rings is 1. The highest BCUT2D eigenvalue weighted by atomic mass is 16.5. The second-order valence-electron chi connectivity index (χ2n) is 6.83. The van der Waals surface area contributed by atoms with Crippen LogP contribution in [0.25, 0.3) is 5.65 Å². The molecule has 2 saturated heterocycles. The van der Waals surface area contributed by atoms with Crippen molar-refractivity contribution >= 4 is 11.6 Å². The number of carbonyl (C=O) groups is 1. The van der Waals surface area contributed by atoms with Gasteiger partial charge in [-0.2, -0.15) is 0 Å². The van der Waals surface area contributed by atoms with Crippen molar-refractivity contribution in [2.24, 2.45) is 0 Å². The summed E-state index contributed by atoms with van der Waals surface area (Å²) in [6, 6.07) is 4.04. The highest BCUT2D eigenvalue weighted by Gasteiger charge is 2.39. The molecule has 122 valence electrons. The highest BCUT2D eigenvalue weighted by molar-refractivity contribution is 5.78. The smallest absolute Gasteiger partial charge is 0.228 e. The summed E-state index contributed by atoms with van der Waals surface area (Å²) >= 11 is 0. The maximum absolute atomic E-state index is 12.6. The van der Waals surface area contributed by atoms with Crippen molar-refractivity contribution in [2.45, 2.75) is 44.6 Å². The molecule has 0 unspecified atom stereocenters. The molecule has 0 saturated carbocycles. The van der Waals surface area contributed by atoms with E-state index in [1.807, 2.05) is 40.8 Å². The number of aromatic nitrogens is 2. The molecule has 0 bridgehead atoms. The van der Waals surface area contributed by atoms with Crippen LogP contribution in [0.5, 0.6) is 0 Å². The SMILES string of the molecule is Cc1cccn2c(CC(=O)N3CCC4(CCCO4)CC3)cnc12. The maximum atomic E-state index is 12.6. The Morgan fingerprint density at radius 1 is 1.35 bits per heavy atom. The summed E-state index contributed by atoms with van der Waals surface area (Å²) in [5.74, 6) is 0.196. The molecule has 4 heterocycles. The van der Waals surface area contributed by atoms with Gasteiger partial charge >= 0.3 is 0 Å². The Morgan fingerprint density at radius 2 is 2.17 bits per heavy atom. The fraction of sp³-hybridized carbons (Fsp3) is 0.556. The lowest BCUT2D eigenvalue weighted by atomic mass is 9.88. The van der Waals surface area contributed by atoms with Crippen molar-refractivity contribution in [3.8, 4) is 0 Å². The van der Waals surface area contributed by atoms with E-state index in [4.69, 9.17) is 4.74 Å². The normalized spacial score (nSPS) is 20.5. The second kappa shape index (κ2) is 5.64. The molecule has 2 aliphatic heterocycles. The van der Waals surface area contributed by atoms with Gasteiger partial charge in [0.25, 0.3) is 0 Å². The standard InChI is InChI=1S/C18H23N3O2/c1-14-4-2-8-21-15(13-19-17(14)21)12-16(22)20-9-6-18(7-10-20)5-3-11-23-18/h2,4,8,13H,3,5-7,9-12H2,1H3. The van der Waals surface area contributed by atoms with Crippen LogP contribution < -0.4 is 0 Å². The largest absolute Gasteiger partial charge is 0.375 e. The van der Waals surface area contributed by atoms with Crippen LogP contribution in [0.2, 0.25) is 0 Å². The summed E-state index contributed by atoms with van der Waals surface area (Å²) in [5, 5.41) is 0. The van der Waals surface area contributed by atoms with E-state index in [9.17, 15) is 4.79 Å². The van der Waals surface area contributed by atoms with Crippen molar-refractivity contribution in [3.05, 3.63) is 35.8 Å². The van der Waals surface area contributed by atoms with Crippen LogP contribution in [0.1, 0.15) is 36.9 Å². The predicted octanol–water partition coefficient (Wildman–Crippen LogP) is 2.36. The average Bonchev–Trinajstić information content (AvgIpc) is 3.17. The van der Waals surface area contributed by atoms with Crippen LogP contribution in [0.4, 0.5) is 0 Å². The van der Waals surface area contributed by atoms with Crippen LogP contribution in [-0.2, 0) is 16.0 Å². The second-order valence-corrected chi connectivity index (χ2v) is 6.83. The summed E-state index contributed by atoms with van der Waals surface area (Å²) < 4.78 is 7.96. The molecule has 4 rings (SSSR count). The van der Waals surface area contributed by atoms with E-state index in [1.165, 1.54) is 0 Å². The lowest BCUT2D eigenvalue weighted by Gasteiger charge is -2.38. The number of rotatable bonds is 2. The molecule has 0 atom stereocenters. The fourth-order valence-corrected chi connectivity index (χ4v) is 3.91. The maximum Gasteiger partial charge on any atom is 0.228 e. The molecule has 0 radical (unpaired) electrons. The summed E-state index contributed by atoms with van der Waals surface area (Å²) in [7, 11) is 0. The number of hydrogen-bond acceptors (Lipinski definition) is 3. The summed E-state index contributed by atoms with van der Waals surface area (Å²) in [5.41, 5.74) is 3.10. The Morgan fingerprint density at radius 3 is 2.91 bits per heavy atom. The van der Waals surface area contributed by atoms with E-state index in [0.29, 0.717) is 6.42 Å². The topological polar surface area (TPSA) is 46.8 Å². The molecule has 1 spiro atoms. The zero-order valence-electron chi connectivity index (χ0n) is 13.6. The molecular weight excluding hydrogens is 290 g/mol. The highest BCUT2D eigenvalue weighted by Crippen LogP contribution is 2.35. The zero-order chi connectivity index (χ0) is 15.9. The molecule has 0 N–H and O–H groups in total. The van der Waals surface area contributed by atoms with E-state index in [-0.39, 0.29) is 11.5 Å². The van der Waals surface area contributed by atoms with Crippen LogP contribution in [0, 0.1) is 6.92 Å². The van der Waals surface area contributed by atoms with Gasteiger partial charge in [-0.25, -0.2) is 4.98 Å². The van der Waals surface area contributed by atoms with Gasteiger partial charge in [-0.1, -0.05) is 6.07 Å². The van der Waals surface area contributed by atoms with Crippen molar-refractivity contribution in [1.29, 1.82) is 0 Å². The quantitative estimate of drug-likeness (QED) is 0.855. The van der Waals surface area contributed by atoms with E-state index in [1.54, 1.807) is 0 Å². The number of piperidine rings is 1. The van der Waals surface area contributed by atoms with Crippen molar-refractivity contribution in [2.75, 3.05) is 19.7 Å². The van der Waals surface area contributed by atoms with Gasteiger partial charge in [-0.3, -0.25) is 4.79 Å². The number of carbonyl (C=O) groups excluding carboxylic acids is 1. The summed E-state index contributed by atoms with van der Waals surface area (Å²) in [6.45, 7) is 4.55. The van der Waals surface area contributed by atoms with Gasteiger partial charge in [0.05, 0.1) is 17.7 Å². The van der Waals surface area contributed by atoms with E-state index >= 15 is 0 Å². The number of fused-ring (bicyclic) bond motifs is 1. The van der Waals surface area contributed by atoms with Gasteiger partial charge in [-0.15, -0.1) is 0 Å². The number of pyridine rings is 1. The summed E-state index contributed by atoms with van der Waals surface area (Å²) in [4.78, 5) is 19.1. The minimum Gasteiger partial charge on any atom is -0.375 e. The first-order valence-corrected chi connectivity index (χ1v) is 8.50. The number of hydrogen-bond donors (Lipinski definition) is 0. The fourth-order valence-electron chi connectivity index (χ4n) is 3.91.